The van der Waals surface area contributed by atoms with Crippen molar-refractivity contribution in [2.24, 2.45) is 11.7 Å². The van der Waals surface area contributed by atoms with Crippen molar-refractivity contribution in [3.63, 3.8) is 0 Å². The Hall–Kier alpha value is -1.32. The van der Waals surface area contributed by atoms with E-state index >= 15 is 0 Å². The van der Waals surface area contributed by atoms with Gasteiger partial charge in [0.25, 0.3) is 0 Å². The van der Waals surface area contributed by atoms with Crippen molar-refractivity contribution < 1.29 is 0 Å². The average Bonchev–Trinajstić information content (AvgIpc) is 2.82. The first-order valence-electron chi connectivity index (χ1n) is 7.65. The molecule has 3 heteroatoms. The molecule has 2 heterocycles. The van der Waals surface area contributed by atoms with Gasteiger partial charge >= 0.3 is 0 Å². The predicted octanol–water partition coefficient (Wildman–Crippen LogP) is 3.12. The third-order valence-corrected chi connectivity index (χ3v) is 4.73. The zero-order valence-corrected chi connectivity index (χ0v) is 12.5. The minimum atomic E-state index is -0.259. The quantitative estimate of drug-likeness (QED) is 0.901. The number of benzene rings is 1. The van der Waals surface area contributed by atoms with Crippen LogP contribution < -0.4 is 5.73 Å². The molecule has 1 unspecified atom stereocenters. The van der Waals surface area contributed by atoms with E-state index in [0.717, 1.165) is 25.4 Å². The first kappa shape index (κ1) is 13.7. The molecule has 108 valence electrons. The van der Waals surface area contributed by atoms with Crippen molar-refractivity contribution in [1.82, 2.24) is 9.88 Å². The summed E-state index contributed by atoms with van der Waals surface area (Å²) >= 11 is 0. The number of hydrogen-bond acceptors (Lipinski definition) is 2. The Kier molecular flexibility index (Phi) is 3.57. The van der Waals surface area contributed by atoms with Gasteiger partial charge in [-0.1, -0.05) is 25.1 Å². The number of nitrogens with one attached hydrogen (secondary N) is 1. The van der Waals surface area contributed by atoms with Crippen molar-refractivity contribution in [2.75, 3.05) is 13.1 Å². The van der Waals surface area contributed by atoms with Crippen molar-refractivity contribution in [3.05, 3.63) is 36.0 Å². The Morgan fingerprint density at radius 1 is 1.30 bits per heavy atom. The Labute approximate surface area is 121 Å². The lowest BCUT2D eigenvalue weighted by Crippen LogP contribution is -2.57. The van der Waals surface area contributed by atoms with Gasteiger partial charge in [-0.25, -0.2) is 0 Å². The Morgan fingerprint density at radius 3 is 2.75 bits per heavy atom. The van der Waals surface area contributed by atoms with Gasteiger partial charge in [-0.2, -0.15) is 0 Å². The summed E-state index contributed by atoms with van der Waals surface area (Å²) in [4.78, 5) is 5.80. The lowest BCUT2D eigenvalue weighted by molar-refractivity contribution is 0.0697. The summed E-state index contributed by atoms with van der Waals surface area (Å²) in [5.74, 6) is 0.843. The summed E-state index contributed by atoms with van der Waals surface area (Å²) in [6.07, 6.45) is 5.54. The molecule has 1 saturated heterocycles. The molecule has 0 radical (unpaired) electrons. The van der Waals surface area contributed by atoms with Crippen LogP contribution in [0.25, 0.3) is 10.9 Å². The lowest BCUT2D eigenvalue weighted by Gasteiger charge is -2.42. The molecule has 1 aromatic carbocycles. The van der Waals surface area contributed by atoms with E-state index in [1.165, 1.54) is 29.3 Å². The molecule has 0 aliphatic carbocycles. The normalized spacial score (nSPS) is 21.1. The summed E-state index contributed by atoms with van der Waals surface area (Å²) in [5.41, 5.74) is 8.90. The number of H-pyrrole nitrogens is 1. The van der Waals surface area contributed by atoms with Gasteiger partial charge < -0.3 is 10.7 Å². The minimum Gasteiger partial charge on any atom is -0.361 e. The van der Waals surface area contributed by atoms with E-state index in [1.54, 1.807) is 0 Å². The highest BCUT2D eigenvalue weighted by atomic mass is 15.3. The van der Waals surface area contributed by atoms with E-state index in [0.29, 0.717) is 0 Å². The summed E-state index contributed by atoms with van der Waals surface area (Å²) in [6, 6.07) is 8.46. The van der Waals surface area contributed by atoms with Crippen LogP contribution in [0.3, 0.4) is 0 Å². The first-order chi connectivity index (χ1) is 9.56. The second-order valence-electron chi connectivity index (χ2n) is 6.56. The maximum absolute atomic E-state index is 6.63. The van der Waals surface area contributed by atoms with Crippen LogP contribution in [-0.4, -0.2) is 28.6 Å². The molecule has 1 aliphatic rings. The van der Waals surface area contributed by atoms with Gasteiger partial charge in [0.1, 0.15) is 0 Å². The molecule has 3 nitrogen and oxygen atoms in total. The van der Waals surface area contributed by atoms with Crippen LogP contribution in [0.5, 0.6) is 0 Å². The average molecular weight is 271 g/mol. The fourth-order valence-electron chi connectivity index (χ4n) is 3.29. The smallest absolute Gasteiger partial charge is 0.0700 e. The SMILES string of the molecule is CC1CCN(C(C)(N)Cc2c[nH]c3ccccc23)CC1. The van der Waals surface area contributed by atoms with E-state index in [4.69, 9.17) is 5.73 Å². The molecular formula is C17H25N3. The van der Waals surface area contributed by atoms with Crippen molar-refractivity contribution in [1.29, 1.82) is 0 Å². The van der Waals surface area contributed by atoms with E-state index in [-0.39, 0.29) is 5.66 Å². The Balaban J connectivity index is 1.79. The van der Waals surface area contributed by atoms with Crippen LogP contribution in [0.15, 0.2) is 30.5 Å². The molecule has 3 rings (SSSR count). The Bertz CT molecular complexity index is 577. The zero-order valence-electron chi connectivity index (χ0n) is 12.5. The molecular weight excluding hydrogens is 246 g/mol. The maximum atomic E-state index is 6.63. The van der Waals surface area contributed by atoms with E-state index in [2.05, 4.69) is 54.2 Å². The van der Waals surface area contributed by atoms with Gasteiger partial charge in [0.05, 0.1) is 5.66 Å². The number of aromatic amines is 1. The highest BCUT2D eigenvalue weighted by Crippen LogP contribution is 2.26. The number of rotatable bonds is 3. The molecule has 1 aliphatic heterocycles. The standard InChI is InChI=1S/C17H25N3/c1-13-7-9-20(10-8-13)17(2,18)11-14-12-19-16-6-4-3-5-15(14)16/h3-6,12-13,19H,7-11,18H2,1-2H3. The van der Waals surface area contributed by atoms with Gasteiger partial charge in [-0.15, -0.1) is 0 Å². The number of fused-ring (bicyclic) bond motifs is 1. The third-order valence-electron chi connectivity index (χ3n) is 4.73. The summed E-state index contributed by atoms with van der Waals surface area (Å²) in [5, 5.41) is 1.30. The van der Waals surface area contributed by atoms with E-state index in [9.17, 15) is 0 Å². The number of nitrogens with zero attached hydrogens (tertiary/aromatic N) is 1. The van der Waals surface area contributed by atoms with Crippen molar-refractivity contribution >= 4 is 10.9 Å². The van der Waals surface area contributed by atoms with Crippen molar-refractivity contribution in [3.8, 4) is 0 Å². The maximum Gasteiger partial charge on any atom is 0.0700 e. The molecule has 1 fully saturated rings. The number of aromatic nitrogens is 1. The third kappa shape index (κ3) is 2.60. The van der Waals surface area contributed by atoms with Crippen LogP contribution in [0, 0.1) is 5.92 Å². The molecule has 0 amide bonds. The number of nitrogens with two attached hydrogens (primary N) is 1. The number of para-hydroxylation sites is 1. The monoisotopic (exact) mass is 271 g/mol. The molecule has 20 heavy (non-hydrogen) atoms. The molecule has 0 saturated carbocycles. The molecule has 2 aromatic rings. The molecule has 1 aromatic heterocycles. The van der Waals surface area contributed by atoms with Crippen LogP contribution in [0.4, 0.5) is 0 Å². The zero-order chi connectivity index (χ0) is 14.2. The van der Waals surface area contributed by atoms with Crippen molar-refractivity contribution in [2.45, 2.75) is 38.8 Å². The molecule has 0 spiro atoms. The van der Waals surface area contributed by atoms with Gasteiger partial charge in [0.2, 0.25) is 0 Å². The summed E-state index contributed by atoms with van der Waals surface area (Å²) in [6.45, 7) is 6.75. The number of likely N-dealkylation sites (tertiary alicyclic amines) is 1. The van der Waals surface area contributed by atoms with E-state index in [1.807, 2.05) is 0 Å². The highest BCUT2D eigenvalue weighted by molar-refractivity contribution is 5.83. The second kappa shape index (κ2) is 5.23. The predicted molar refractivity (Wildman–Crippen MR) is 84.6 cm³/mol. The summed E-state index contributed by atoms with van der Waals surface area (Å²) < 4.78 is 0. The summed E-state index contributed by atoms with van der Waals surface area (Å²) in [7, 11) is 0. The van der Waals surface area contributed by atoms with Gasteiger partial charge in [0.15, 0.2) is 0 Å². The topological polar surface area (TPSA) is 45.0 Å². The van der Waals surface area contributed by atoms with Gasteiger partial charge in [0, 0.05) is 36.6 Å². The van der Waals surface area contributed by atoms with Crippen LogP contribution in [0.1, 0.15) is 32.3 Å². The Morgan fingerprint density at radius 2 is 2.00 bits per heavy atom. The first-order valence-corrected chi connectivity index (χ1v) is 7.65. The fourth-order valence-corrected chi connectivity index (χ4v) is 3.29. The molecule has 1 atom stereocenters. The minimum absolute atomic E-state index is 0.259. The van der Waals surface area contributed by atoms with Crippen LogP contribution in [0.2, 0.25) is 0 Å². The number of piperidine rings is 1. The van der Waals surface area contributed by atoms with Crippen LogP contribution >= 0.6 is 0 Å². The fraction of sp³-hybridized carbons (Fsp3) is 0.529. The largest absolute Gasteiger partial charge is 0.361 e. The highest BCUT2D eigenvalue weighted by Gasteiger charge is 2.30. The molecule has 0 bridgehead atoms. The number of hydrogen-bond donors (Lipinski definition) is 2. The van der Waals surface area contributed by atoms with Gasteiger partial charge in [-0.05, 0) is 37.3 Å². The van der Waals surface area contributed by atoms with Gasteiger partial charge in [-0.3, -0.25) is 4.90 Å². The van der Waals surface area contributed by atoms with E-state index < -0.39 is 0 Å². The lowest BCUT2D eigenvalue weighted by atomic mass is 9.93. The van der Waals surface area contributed by atoms with Crippen LogP contribution in [-0.2, 0) is 6.42 Å². The molecule has 3 N–H and O–H groups in total. The second-order valence-corrected chi connectivity index (χ2v) is 6.56.